The molecule has 0 aromatic heterocycles. The molecule has 0 rings (SSSR count). The van der Waals surface area contributed by atoms with E-state index < -0.39 is 97.5 Å². The van der Waals surface area contributed by atoms with Crippen LogP contribution in [0, 0.1) is 17.8 Å². The summed E-state index contributed by atoms with van der Waals surface area (Å²) in [6, 6.07) is 0. The standard InChI is InChI=1S/C85H162O17P2/c1-8-10-11-12-13-14-15-16-22-29-34-39-44-52-59-66-82(87)95-72-80(101-84(89)68-61-54-45-40-35-30-25-20-18-17-19-24-28-33-38-43-51-58-65-78(7)9-2)74-99-103(91,92)97-70-79(86)71-98-104(93,94)100-75-81(73-96-83(88)67-60-53-48-47-50-57-64-77(5)6)102-85(90)69-62-55-46-41-36-31-26-21-23-27-32-37-42-49-56-63-76(3)4/h14-16,22,76-81,86H,8-13,17-21,23-75H2,1-7H3,(H,91,92)(H,93,94)/b15-14-,22-16-/t78?,79?,80-,81-/m1/s1. The number of hydrogen-bond donors (Lipinski definition) is 3. The number of unbranched alkanes of at least 4 members (excludes halogenated alkanes) is 45. The van der Waals surface area contributed by atoms with Crippen LogP contribution in [0.3, 0.4) is 0 Å². The Kier molecular flexibility index (Phi) is 72.9. The van der Waals surface area contributed by atoms with Crippen molar-refractivity contribution in [1.29, 1.82) is 0 Å². The second-order valence-corrected chi connectivity index (χ2v) is 34.0. The molecule has 0 aromatic rings. The first-order chi connectivity index (χ1) is 50.3. The highest BCUT2D eigenvalue weighted by atomic mass is 31.2. The predicted molar refractivity (Wildman–Crippen MR) is 427 cm³/mol. The molecule has 0 saturated carbocycles. The van der Waals surface area contributed by atoms with Gasteiger partial charge in [0.2, 0.25) is 0 Å². The summed E-state index contributed by atoms with van der Waals surface area (Å²) in [7, 11) is -9.94. The van der Waals surface area contributed by atoms with Gasteiger partial charge in [0, 0.05) is 25.7 Å². The van der Waals surface area contributed by atoms with Crippen molar-refractivity contribution in [3.63, 3.8) is 0 Å². The summed E-state index contributed by atoms with van der Waals surface area (Å²) in [6.07, 6.45) is 67.6. The molecule has 0 aliphatic heterocycles. The number of esters is 4. The van der Waals surface area contributed by atoms with Crippen LogP contribution in [0.4, 0.5) is 0 Å². The van der Waals surface area contributed by atoms with Gasteiger partial charge in [0.25, 0.3) is 0 Å². The van der Waals surface area contributed by atoms with E-state index in [4.69, 9.17) is 37.0 Å². The third-order valence-corrected chi connectivity index (χ3v) is 21.5. The zero-order chi connectivity index (χ0) is 76.5. The minimum atomic E-state index is -4.97. The molecule has 0 aliphatic carbocycles. The molecule has 0 saturated heterocycles. The van der Waals surface area contributed by atoms with Crippen molar-refractivity contribution in [2.45, 2.75) is 439 Å². The lowest BCUT2D eigenvalue weighted by Crippen LogP contribution is -2.30. The second kappa shape index (κ2) is 74.6. The molecule has 0 spiro atoms. The molecule has 0 bridgehead atoms. The number of carbonyl (C=O) groups excluding carboxylic acids is 4. The summed E-state index contributed by atoms with van der Waals surface area (Å²) >= 11 is 0. The van der Waals surface area contributed by atoms with Crippen molar-refractivity contribution >= 4 is 39.5 Å². The fourth-order valence-corrected chi connectivity index (χ4v) is 14.2. The predicted octanol–water partition coefficient (Wildman–Crippen LogP) is 25.3. The summed E-state index contributed by atoms with van der Waals surface area (Å²) in [5, 5.41) is 10.7. The average molecular weight is 1520 g/mol. The number of carbonyl (C=O) groups is 4. The molecule has 0 amide bonds. The fraction of sp³-hybridized carbons (Fsp3) is 0.906. The van der Waals surface area contributed by atoms with Crippen molar-refractivity contribution in [1.82, 2.24) is 0 Å². The van der Waals surface area contributed by atoms with Gasteiger partial charge in [-0.05, 0) is 69.1 Å². The zero-order valence-corrected chi connectivity index (χ0v) is 69.8. The molecular weight excluding hydrogens is 1350 g/mol. The maximum Gasteiger partial charge on any atom is 0.472 e. The van der Waals surface area contributed by atoms with E-state index in [9.17, 15) is 43.2 Å². The Morgan fingerprint density at radius 1 is 0.317 bits per heavy atom. The van der Waals surface area contributed by atoms with E-state index in [1.165, 1.54) is 205 Å². The molecule has 0 aliphatic rings. The smallest absolute Gasteiger partial charge is 0.462 e. The number of rotatable bonds is 81. The monoisotopic (exact) mass is 1520 g/mol. The minimum Gasteiger partial charge on any atom is -0.462 e. The normalized spacial score (nSPS) is 14.3. The second-order valence-electron chi connectivity index (χ2n) is 31.1. The third kappa shape index (κ3) is 76.3. The molecule has 17 nitrogen and oxygen atoms in total. The molecule has 19 heteroatoms. The van der Waals surface area contributed by atoms with Gasteiger partial charge in [0.15, 0.2) is 12.2 Å². The lowest BCUT2D eigenvalue weighted by Gasteiger charge is -2.21. The summed E-state index contributed by atoms with van der Waals surface area (Å²) < 4.78 is 68.7. The minimum absolute atomic E-state index is 0.101. The fourth-order valence-electron chi connectivity index (χ4n) is 12.6. The van der Waals surface area contributed by atoms with E-state index in [1.807, 2.05) is 0 Å². The number of phosphoric ester groups is 2. The molecule has 614 valence electrons. The number of aliphatic hydroxyl groups is 1. The van der Waals surface area contributed by atoms with Crippen molar-refractivity contribution in [3.05, 3.63) is 24.3 Å². The number of hydrogen-bond acceptors (Lipinski definition) is 15. The van der Waals surface area contributed by atoms with Crippen molar-refractivity contribution in [2.24, 2.45) is 17.8 Å². The summed E-state index contributed by atoms with van der Waals surface area (Å²) in [6.45, 7) is 11.9. The van der Waals surface area contributed by atoms with Crippen LogP contribution in [0.2, 0.25) is 0 Å². The number of allylic oxidation sites excluding steroid dienone is 4. The van der Waals surface area contributed by atoms with Gasteiger partial charge in [-0.15, -0.1) is 0 Å². The van der Waals surface area contributed by atoms with Gasteiger partial charge in [-0.25, -0.2) is 9.13 Å². The Balaban J connectivity index is 5.23. The van der Waals surface area contributed by atoms with Crippen molar-refractivity contribution in [3.8, 4) is 0 Å². The van der Waals surface area contributed by atoms with Crippen LogP contribution in [0.15, 0.2) is 24.3 Å². The van der Waals surface area contributed by atoms with Crippen LogP contribution in [-0.4, -0.2) is 96.7 Å². The van der Waals surface area contributed by atoms with Crippen LogP contribution >= 0.6 is 15.6 Å². The Labute approximate surface area is 637 Å². The van der Waals surface area contributed by atoms with Gasteiger partial charge in [-0.1, -0.05) is 368 Å². The molecule has 4 unspecified atom stereocenters. The zero-order valence-electron chi connectivity index (χ0n) is 68.0. The molecule has 0 aromatic carbocycles. The maximum atomic E-state index is 13.1. The van der Waals surface area contributed by atoms with E-state index >= 15 is 0 Å². The highest BCUT2D eigenvalue weighted by molar-refractivity contribution is 7.47. The van der Waals surface area contributed by atoms with Gasteiger partial charge in [-0.2, -0.15) is 0 Å². The first-order valence-electron chi connectivity index (χ1n) is 43.2. The van der Waals surface area contributed by atoms with E-state index in [-0.39, 0.29) is 25.7 Å². The van der Waals surface area contributed by atoms with Gasteiger partial charge < -0.3 is 33.8 Å². The van der Waals surface area contributed by atoms with Crippen LogP contribution in [0.25, 0.3) is 0 Å². The molecule has 6 atom stereocenters. The van der Waals surface area contributed by atoms with E-state index in [2.05, 4.69) is 72.8 Å². The van der Waals surface area contributed by atoms with Gasteiger partial charge >= 0.3 is 39.5 Å². The summed E-state index contributed by atoms with van der Waals surface area (Å²) in [5.41, 5.74) is 0. The Morgan fingerprint density at radius 3 is 0.856 bits per heavy atom. The quantitative estimate of drug-likeness (QED) is 0.0169. The average Bonchev–Trinajstić information content (AvgIpc) is 0.936. The lowest BCUT2D eigenvalue weighted by atomic mass is 9.99. The number of phosphoric acid groups is 2. The van der Waals surface area contributed by atoms with Crippen molar-refractivity contribution < 1.29 is 80.2 Å². The van der Waals surface area contributed by atoms with Gasteiger partial charge in [-0.3, -0.25) is 37.3 Å². The molecule has 0 fully saturated rings. The first kappa shape index (κ1) is 102. The summed E-state index contributed by atoms with van der Waals surface area (Å²) in [5.74, 6) is 0.209. The van der Waals surface area contributed by atoms with Crippen molar-refractivity contribution in [2.75, 3.05) is 39.6 Å². The molecular formula is C85H162O17P2. The highest BCUT2D eigenvalue weighted by Crippen LogP contribution is 2.45. The van der Waals surface area contributed by atoms with E-state index in [0.29, 0.717) is 31.6 Å². The van der Waals surface area contributed by atoms with E-state index in [0.717, 1.165) is 127 Å². The third-order valence-electron chi connectivity index (χ3n) is 19.6. The first-order valence-corrected chi connectivity index (χ1v) is 46.2. The molecule has 3 N–H and O–H groups in total. The lowest BCUT2D eigenvalue weighted by molar-refractivity contribution is -0.161. The largest absolute Gasteiger partial charge is 0.472 e. The highest BCUT2D eigenvalue weighted by Gasteiger charge is 2.30. The number of aliphatic hydroxyl groups excluding tert-OH is 1. The number of ether oxygens (including phenoxy) is 4. The van der Waals surface area contributed by atoms with Gasteiger partial charge in [0.1, 0.15) is 19.3 Å². The SMILES string of the molecule is CCCCCC/C=C\C=C/CCCCCCCC(=O)OC[C@H](COP(=O)(O)OCC(O)COP(=O)(O)OC[C@@H](COC(=O)CCCCCCCCC(C)C)OC(=O)CCCCCCCCCCCCCCCCCC(C)C)OC(=O)CCCCCCCCCCCCCCCCCCCCC(C)CC. The van der Waals surface area contributed by atoms with Crippen LogP contribution in [0.1, 0.15) is 421 Å². The molecule has 0 heterocycles. The topological polar surface area (TPSA) is 237 Å². The van der Waals surface area contributed by atoms with Gasteiger partial charge in [0.05, 0.1) is 26.4 Å². The molecule has 104 heavy (non-hydrogen) atoms. The maximum absolute atomic E-state index is 13.1. The van der Waals surface area contributed by atoms with Crippen LogP contribution in [-0.2, 0) is 65.4 Å². The van der Waals surface area contributed by atoms with Crippen LogP contribution < -0.4 is 0 Å². The Bertz CT molecular complexity index is 2110. The van der Waals surface area contributed by atoms with E-state index in [1.54, 1.807) is 0 Å². The molecule has 0 radical (unpaired) electrons. The Morgan fingerprint density at radius 2 is 0.567 bits per heavy atom. The Hall–Kier alpha value is -2.46. The van der Waals surface area contributed by atoms with Crippen LogP contribution in [0.5, 0.6) is 0 Å². The summed E-state index contributed by atoms with van der Waals surface area (Å²) in [4.78, 5) is 73.1.